The van der Waals surface area contributed by atoms with E-state index in [1.807, 2.05) is 11.8 Å². The minimum atomic E-state index is -0.835. The lowest BCUT2D eigenvalue weighted by Gasteiger charge is -2.42. The molecule has 2 aliphatic rings. The molecular formula is C25H44N6O4. The second kappa shape index (κ2) is 14.9. The van der Waals surface area contributed by atoms with Gasteiger partial charge in [0, 0.05) is 19.6 Å². The third-order valence-electron chi connectivity index (χ3n) is 6.49. The molecule has 10 heteroatoms. The van der Waals surface area contributed by atoms with Gasteiger partial charge in [-0.25, -0.2) is 9.79 Å². The molecule has 0 saturated carbocycles. The molecule has 198 valence electrons. The molecule has 2 heterocycles. The van der Waals surface area contributed by atoms with Crippen molar-refractivity contribution < 1.29 is 19.1 Å². The van der Waals surface area contributed by atoms with E-state index >= 15 is 0 Å². The van der Waals surface area contributed by atoms with Crippen molar-refractivity contribution >= 4 is 18.0 Å². The Morgan fingerprint density at radius 1 is 1.23 bits per heavy atom. The van der Waals surface area contributed by atoms with Crippen molar-refractivity contribution in [1.29, 1.82) is 5.26 Å². The zero-order chi connectivity index (χ0) is 25.7. The van der Waals surface area contributed by atoms with Gasteiger partial charge in [0.1, 0.15) is 11.6 Å². The number of hydrogen-bond donors (Lipinski definition) is 2. The Kier molecular flexibility index (Phi) is 12.3. The average Bonchev–Trinajstić information content (AvgIpc) is 2.86. The van der Waals surface area contributed by atoms with Crippen LogP contribution < -0.4 is 10.6 Å². The monoisotopic (exact) mass is 492 g/mol. The molecule has 35 heavy (non-hydrogen) atoms. The van der Waals surface area contributed by atoms with Crippen LogP contribution in [0.25, 0.3) is 0 Å². The normalized spacial score (nSPS) is 19.1. The van der Waals surface area contributed by atoms with E-state index in [2.05, 4.69) is 30.6 Å². The van der Waals surface area contributed by atoms with Crippen LogP contribution in [0.4, 0.5) is 4.79 Å². The molecule has 2 amide bonds. The summed E-state index contributed by atoms with van der Waals surface area (Å²) >= 11 is 0. The minimum Gasteiger partial charge on any atom is -0.450 e. The Morgan fingerprint density at radius 3 is 2.49 bits per heavy atom. The number of nitriles is 1. The molecule has 0 bridgehead atoms. The summed E-state index contributed by atoms with van der Waals surface area (Å²) in [5, 5.41) is 16.2. The van der Waals surface area contributed by atoms with Gasteiger partial charge in [0.15, 0.2) is 0 Å². The summed E-state index contributed by atoms with van der Waals surface area (Å²) in [5.74, 6) is 0.700. The number of guanidine groups is 1. The fraction of sp³-hybridized carbons (Fsp3) is 0.840. The maximum absolute atomic E-state index is 14.1. The van der Waals surface area contributed by atoms with E-state index in [0.717, 1.165) is 19.3 Å². The van der Waals surface area contributed by atoms with Gasteiger partial charge in [0.2, 0.25) is 11.9 Å². The third-order valence-corrected chi connectivity index (χ3v) is 6.49. The lowest BCUT2D eigenvalue weighted by atomic mass is 9.86. The van der Waals surface area contributed by atoms with Gasteiger partial charge in [-0.05, 0) is 51.6 Å². The van der Waals surface area contributed by atoms with Crippen LogP contribution in [0.3, 0.4) is 0 Å². The number of carbonyl (C=O) groups is 2. The molecule has 0 aromatic rings. The molecular weight excluding hydrogens is 448 g/mol. The topological polar surface area (TPSA) is 119 Å². The summed E-state index contributed by atoms with van der Waals surface area (Å²) in [6, 6.07) is 1.78. The van der Waals surface area contributed by atoms with E-state index in [-0.39, 0.29) is 12.5 Å². The number of nitrogens with one attached hydrogen (secondary N) is 2. The van der Waals surface area contributed by atoms with Crippen LogP contribution in [0, 0.1) is 17.2 Å². The van der Waals surface area contributed by atoms with Gasteiger partial charge in [-0.1, -0.05) is 33.6 Å². The number of ether oxygens (including phenoxy) is 2. The largest absolute Gasteiger partial charge is 0.450 e. The summed E-state index contributed by atoms with van der Waals surface area (Å²) in [7, 11) is 0. The van der Waals surface area contributed by atoms with E-state index in [1.165, 1.54) is 0 Å². The third kappa shape index (κ3) is 8.65. The number of nitrogens with zero attached hydrogens (tertiary/aromatic N) is 4. The Balaban J connectivity index is 2.41. The highest BCUT2D eigenvalue weighted by atomic mass is 16.5. The summed E-state index contributed by atoms with van der Waals surface area (Å²) in [5.41, 5.74) is -0.835. The molecule has 0 aromatic carbocycles. The van der Waals surface area contributed by atoms with Gasteiger partial charge in [0.25, 0.3) is 0 Å². The number of morpholine rings is 1. The molecule has 2 aliphatic heterocycles. The Bertz CT molecular complexity index is 739. The van der Waals surface area contributed by atoms with E-state index in [0.29, 0.717) is 77.1 Å². The summed E-state index contributed by atoms with van der Waals surface area (Å²) in [6.45, 7) is 12.4. The molecule has 0 aliphatic carbocycles. The average molecular weight is 493 g/mol. The molecule has 2 N–H and O–H groups in total. The van der Waals surface area contributed by atoms with Gasteiger partial charge in [-0.2, -0.15) is 5.26 Å². The van der Waals surface area contributed by atoms with Crippen molar-refractivity contribution in [2.24, 2.45) is 10.9 Å². The second-order valence-corrected chi connectivity index (χ2v) is 9.62. The van der Waals surface area contributed by atoms with Gasteiger partial charge in [-0.3, -0.25) is 10.1 Å². The molecule has 0 aromatic heterocycles. The van der Waals surface area contributed by atoms with Crippen molar-refractivity contribution in [2.45, 2.75) is 77.8 Å². The standard InChI is InChI=1S/C25H44N6O4/c1-5-14-31(25(19-26)10-12-27-13-11-25)22(32)21(9-7-8-20(3)4)28-23(29-24(33)35-6-2)30-15-17-34-18-16-30/h20-21,27H,5-18H2,1-4H3,(H,28,29,33). The van der Waals surface area contributed by atoms with E-state index in [4.69, 9.17) is 14.5 Å². The molecule has 1 unspecified atom stereocenters. The van der Waals surface area contributed by atoms with E-state index in [9.17, 15) is 14.9 Å². The first-order chi connectivity index (χ1) is 16.9. The molecule has 0 spiro atoms. The van der Waals surface area contributed by atoms with Crippen molar-refractivity contribution in [2.75, 3.05) is 52.5 Å². The summed E-state index contributed by atoms with van der Waals surface area (Å²) < 4.78 is 10.6. The van der Waals surface area contributed by atoms with Gasteiger partial charge in [-0.15, -0.1) is 0 Å². The molecule has 0 radical (unpaired) electrons. The zero-order valence-corrected chi connectivity index (χ0v) is 22.0. The molecule has 10 nitrogen and oxygen atoms in total. The highest BCUT2D eigenvalue weighted by Gasteiger charge is 2.42. The quantitative estimate of drug-likeness (QED) is 0.355. The van der Waals surface area contributed by atoms with Crippen molar-refractivity contribution in [3.63, 3.8) is 0 Å². The fourth-order valence-electron chi connectivity index (χ4n) is 4.56. The van der Waals surface area contributed by atoms with Crippen molar-refractivity contribution in [3.05, 3.63) is 0 Å². The number of hydrogen-bond acceptors (Lipinski definition) is 7. The number of alkyl carbamates (subject to hydrolysis) is 1. The molecule has 2 rings (SSSR count). The first-order valence-electron chi connectivity index (χ1n) is 13.1. The van der Waals surface area contributed by atoms with Crippen LogP contribution in [0.1, 0.15) is 66.2 Å². The smallest absolute Gasteiger partial charge is 0.413 e. The Labute approximate surface area is 210 Å². The summed E-state index contributed by atoms with van der Waals surface area (Å²) in [4.78, 5) is 34.9. The first kappa shape index (κ1) is 28.9. The lowest BCUT2D eigenvalue weighted by Crippen LogP contribution is -2.58. The summed E-state index contributed by atoms with van der Waals surface area (Å²) in [6.07, 6.45) is 3.69. The van der Waals surface area contributed by atoms with Crippen LogP contribution in [-0.2, 0) is 14.3 Å². The lowest BCUT2D eigenvalue weighted by molar-refractivity contribution is -0.138. The van der Waals surface area contributed by atoms with Crippen LogP contribution in [0.15, 0.2) is 4.99 Å². The van der Waals surface area contributed by atoms with Crippen LogP contribution in [0.5, 0.6) is 0 Å². The number of rotatable bonds is 10. The first-order valence-corrected chi connectivity index (χ1v) is 13.1. The molecule has 2 fully saturated rings. The van der Waals surface area contributed by atoms with Gasteiger partial charge in [0.05, 0.1) is 25.9 Å². The Morgan fingerprint density at radius 2 is 1.91 bits per heavy atom. The number of amides is 2. The fourth-order valence-corrected chi connectivity index (χ4v) is 4.56. The van der Waals surface area contributed by atoms with Gasteiger partial charge < -0.3 is 24.6 Å². The van der Waals surface area contributed by atoms with Crippen molar-refractivity contribution in [3.8, 4) is 6.07 Å². The van der Waals surface area contributed by atoms with Crippen LogP contribution in [-0.4, -0.2) is 91.9 Å². The Hall–Kier alpha value is -2.38. The van der Waals surface area contributed by atoms with Crippen LogP contribution in [0.2, 0.25) is 0 Å². The second-order valence-electron chi connectivity index (χ2n) is 9.62. The maximum atomic E-state index is 14.1. The van der Waals surface area contributed by atoms with E-state index < -0.39 is 17.7 Å². The maximum Gasteiger partial charge on any atom is 0.413 e. The predicted molar refractivity (Wildman–Crippen MR) is 135 cm³/mol. The molecule has 2 saturated heterocycles. The number of carbonyl (C=O) groups excluding carboxylic acids is 2. The predicted octanol–water partition coefficient (Wildman–Crippen LogP) is 2.50. The zero-order valence-electron chi connectivity index (χ0n) is 22.0. The van der Waals surface area contributed by atoms with Gasteiger partial charge >= 0.3 is 6.09 Å². The van der Waals surface area contributed by atoms with E-state index in [1.54, 1.807) is 11.8 Å². The minimum absolute atomic E-state index is 0.143. The van der Waals surface area contributed by atoms with Crippen LogP contribution >= 0.6 is 0 Å². The highest BCUT2D eigenvalue weighted by molar-refractivity contribution is 5.96. The van der Waals surface area contributed by atoms with Crippen molar-refractivity contribution in [1.82, 2.24) is 20.4 Å². The highest BCUT2D eigenvalue weighted by Crippen LogP contribution is 2.28. The number of aliphatic imine (C=N–C) groups is 1. The number of piperidine rings is 1. The molecule has 1 atom stereocenters. The SMILES string of the molecule is CCCN(C(=O)C(CCCC(C)C)N=C(NC(=O)OCC)N1CCOCC1)C1(C#N)CCNCC1.